The van der Waals surface area contributed by atoms with Crippen molar-refractivity contribution in [3.8, 4) is 11.3 Å². The van der Waals surface area contributed by atoms with Gasteiger partial charge >= 0.3 is 5.97 Å². The third kappa shape index (κ3) is 2.69. The van der Waals surface area contributed by atoms with Crippen LogP contribution in [0.25, 0.3) is 11.3 Å². The molecule has 1 aliphatic heterocycles. The molecule has 7 nitrogen and oxygen atoms in total. The first-order chi connectivity index (χ1) is 13.1. The summed E-state index contributed by atoms with van der Waals surface area (Å²) in [5, 5.41) is 4.72. The van der Waals surface area contributed by atoms with Crippen molar-refractivity contribution >= 4 is 17.8 Å². The number of hydrogen-bond donors (Lipinski definition) is 0. The van der Waals surface area contributed by atoms with Gasteiger partial charge in [-0.3, -0.25) is 14.3 Å². The summed E-state index contributed by atoms with van der Waals surface area (Å²) in [4.78, 5) is 42.7. The van der Waals surface area contributed by atoms with Crippen molar-refractivity contribution in [2.75, 3.05) is 0 Å². The summed E-state index contributed by atoms with van der Waals surface area (Å²) in [7, 11) is 0. The van der Waals surface area contributed by atoms with Gasteiger partial charge in [0.15, 0.2) is 0 Å². The van der Waals surface area contributed by atoms with Crippen LogP contribution < -0.4 is 0 Å². The number of nitrogens with zero attached hydrogens (tertiary/aromatic N) is 3. The highest BCUT2D eigenvalue weighted by molar-refractivity contribution is 6.21. The van der Waals surface area contributed by atoms with Gasteiger partial charge < -0.3 is 4.84 Å². The average molecular weight is 361 g/mol. The Morgan fingerprint density at radius 3 is 2.15 bits per heavy atom. The average Bonchev–Trinajstić information content (AvgIpc) is 3.24. The molecule has 0 saturated carbocycles. The topological polar surface area (TPSA) is 81.5 Å². The van der Waals surface area contributed by atoms with Crippen molar-refractivity contribution in [2.24, 2.45) is 0 Å². The van der Waals surface area contributed by atoms with E-state index in [4.69, 9.17) is 4.84 Å². The lowest BCUT2D eigenvalue weighted by Crippen LogP contribution is -2.32. The summed E-state index contributed by atoms with van der Waals surface area (Å²) >= 11 is 0. The van der Waals surface area contributed by atoms with Gasteiger partial charge in [-0.2, -0.15) is 5.10 Å². The Labute approximate surface area is 154 Å². The summed E-state index contributed by atoms with van der Waals surface area (Å²) in [6.07, 6.45) is 1.38. The van der Waals surface area contributed by atoms with Crippen molar-refractivity contribution in [1.29, 1.82) is 0 Å². The predicted octanol–water partition coefficient (Wildman–Crippen LogP) is 2.94. The Bertz CT molecular complexity index is 1020. The highest BCUT2D eigenvalue weighted by atomic mass is 16.7. The minimum Gasteiger partial charge on any atom is -0.324 e. The Balaban J connectivity index is 1.67. The van der Waals surface area contributed by atoms with E-state index in [1.54, 1.807) is 16.8 Å². The van der Waals surface area contributed by atoms with Crippen LogP contribution >= 0.6 is 0 Å². The minimum absolute atomic E-state index is 0.180. The first kappa shape index (κ1) is 16.7. The van der Waals surface area contributed by atoms with Crippen LogP contribution in [-0.2, 0) is 11.4 Å². The van der Waals surface area contributed by atoms with Crippen molar-refractivity contribution in [3.63, 3.8) is 0 Å². The maximum atomic E-state index is 12.7. The normalized spacial score (nSPS) is 13.0. The highest BCUT2D eigenvalue weighted by Crippen LogP contribution is 2.27. The largest absolute Gasteiger partial charge is 0.367 e. The van der Waals surface area contributed by atoms with Crippen LogP contribution in [0.15, 0.2) is 60.8 Å². The molecule has 1 aromatic heterocycles. The molecule has 2 aromatic carbocycles. The van der Waals surface area contributed by atoms with Crippen molar-refractivity contribution in [2.45, 2.75) is 13.5 Å². The second-order valence-corrected chi connectivity index (χ2v) is 5.92. The van der Waals surface area contributed by atoms with Crippen LogP contribution in [0.1, 0.15) is 38.0 Å². The van der Waals surface area contributed by atoms with Gasteiger partial charge in [-0.05, 0) is 19.1 Å². The van der Waals surface area contributed by atoms with Gasteiger partial charge in [0, 0.05) is 12.1 Å². The zero-order valence-corrected chi connectivity index (χ0v) is 14.5. The van der Waals surface area contributed by atoms with E-state index in [1.807, 2.05) is 37.3 Å². The molecule has 0 aliphatic carbocycles. The van der Waals surface area contributed by atoms with Gasteiger partial charge in [0.2, 0.25) is 0 Å². The number of hydroxylamine groups is 2. The fourth-order valence-electron chi connectivity index (χ4n) is 3.06. The SMILES string of the molecule is CCn1ncc(C(=O)ON2C(=O)c3ccccc3C2=O)c1-c1ccccc1. The molecule has 0 bridgehead atoms. The van der Waals surface area contributed by atoms with Crippen LogP contribution in [-0.4, -0.2) is 32.6 Å². The Hall–Kier alpha value is -3.74. The molecule has 7 heteroatoms. The first-order valence-electron chi connectivity index (χ1n) is 8.43. The van der Waals surface area contributed by atoms with Gasteiger partial charge in [-0.25, -0.2) is 4.79 Å². The molecule has 0 radical (unpaired) electrons. The smallest absolute Gasteiger partial charge is 0.324 e. The molecule has 2 heterocycles. The summed E-state index contributed by atoms with van der Waals surface area (Å²) in [6, 6.07) is 15.6. The summed E-state index contributed by atoms with van der Waals surface area (Å²) in [5.74, 6) is -2.13. The number of rotatable bonds is 4. The Morgan fingerprint density at radius 1 is 0.963 bits per heavy atom. The number of aryl methyl sites for hydroxylation is 1. The number of aromatic nitrogens is 2. The van der Waals surface area contributed by atoms with Crippen LogP contribution in [0, 0.1) is 0 Å². The van der Waals surface area contributed by atoms with Gasteiger partial charge in [-0.15, -0.1) is 0 Å². The molecule has 4 rings (SSSR count). The molecule has 3 aromatic rings. The van der Waals surface area contributed by atoms with Crippen molar-refractivity contribution in [1.82, 2.24) is 14.8 Å². The molecule has 0 unspecified atom stereocenters. The molecular formula is C20H15N3O4. The molecule has 0 fully saturated rings. The standard InChI is InChI=1S/C20H15N3O4/c1-2-22-17(13-8-4-3-5-9-13)16(12-21-22)20(26)27-23-18(24)14-10-6-7-11-15(14)19(23)25/h3-12H,2H2,1H3. The first-order valence-corrected chi connectivity index (χ1v) is 8.43. The Morgan fingerprint density at radius 2 is 1.56 bits per heavy atom. The second-order valence-electron chi connectivity index (χ2n) is 5.92. The zero-order valence-electron chi connectivity index (χ0n) is 14.5. The number of carbonyl (C=O) groups excluding carboxylic acids is 3. The molecule has 1 aliphatic rings. The van der Waals surface area contributed by atoms with E-state index in [2.05, 4.69) is 5.10 Å². The number of carbonyl (C=O) groups is 3. The van der Waals surface area contributed by atoms with E-state index >= 15 is 0 Å². The summed E-state index contributed by atoms with van der Waals surface area (Å²) in [5.41, 5.74) is 1.95. The summed E-state index contributed by atoms with van der Waals surface area (Å²) < 4.78 is 1.66. The van der Waals surface area contributed by atoms with Crippen molar-refractivity contribution < 1.29 is 19.2 Å². The fourth-order valence-corrected chi connectivity index (χ4v) is 3.06. The van der Waals surface area contributed by atoms with E-state index in [-0.39, 0.29) is 16.7 Å². The predicted molar refractivity (Wildman–Crippen MR) is 95.7 cm³/mol. The quantitative estimate of drug-likeness (QED) is 0.668. The number of benzene rings is 2. The second kappa shape index (κ2) is 6.53. The molecule has 0 N–H and O–H groups in total. The maximum Gasteiger partial charge on any atom is 0.367 e. The highest BCUT2D eigenvalue weighted by Gasteiger charge is 2.39. The lowest BCUT2D eigenvalue weighted by Gasteiger charge is -2.13. The van der Waals surface area contributed by atoms with Gasteiger partial charge in [0.05, 0.1) is 23.0 Å². The number of amides is 2. The van der Waals surface area contributed by atoms with Gasteiger partial charge in [-0.1, -0.05) is 47.5 Å². The summed E-state index contributed by atoms with van der Waals surface area (Å²) in [6.45, 7) is 2.45. The molecule has 0 saturated heterocycles. The van der Waals surface area contributed by atoms with Gasteiger partial charge in [0.25, 0.3) is 11.8 Å². The third-order valence-corrected chi connectivity index (χ3v) is 4.34. The number of fused-ring (bicyclic) bond motifs is 1. The molecule has 2 amide bonds. The maximum absolute atomic E-state index is 12.7. The number of hydrogen-bond acceptors (Lipinski definition) is 5. The van der Waals surface area contributed by atoms with Crippen LogP contribution in [0.3, 0.4) is 0 Å². The number of imide groups is 1. The van der Waals surface area contributed by atoms with E-state index < -0.39 is 17.8 Å². The minimum atomic E-state index is -0.817. The lowest BCUT2D eigenvalue weighted by atomic mass is 10.1. The Kier molecular flexibility index (Phi) is 4.04. The van der Waals surface area contributed by atoms with Crippen molar-refractivity contribution in [3.05, 3.63) is 77.5 Å². The van der Waals surface area contributed by atoms with Crippen LogP contribution in [0.2, 0.25) is 0 Å². The third-order valence-electron chi connectivity index (χ3n) is 4.34. The molecule has 0 atom stereocenters. The van der Waals surface area contributed by atoms with Crippen LogP contribution in [0.4, 0.5) is 0 Å². The lowest BCUT2D eigenvalue weighted by molar-refractivity contribution is -0.0584. The van der Waals surface area contributed by atoms with E-state index in [0.717, 1.165) is 5.56 Å². The van der Waals surface area contributed by atoms with Gasteiger partial charge in [0.1, 0.15) is 5.56 Å². The zero-order chi connectivity index (χ0) is 19.0. The van der Waals surface area contributed by atoms with E-state index in [0.29, 0.717) is 17.3 Å². The molecule has 134 valence electrons. The molecule has 0 spiro atoms. The molecular weight excluding hydrogens is 346 g/mol. The monoisotopic (exact) mass is 361 g/mol. The van der Waals surface area contributed by atoms with E-state index in [1.165, 1.54) is 18.3 Å². The van der Waals surface area contributed by atoms with Crippen LogP contribution in [0.5, 0.6) is 0 Å². The fraction of sp³-hybridized carbons (Fsp3) is 0.100. The van der Waals surface area contributed by atoms with E-state index in [9.17, 15) is 14.4 Å². The molecule has 27 heavy (non-hydrogen) atoms.